The molecule has 1 aliphatic heterocycles. The Bertz CT molecular complexity index is 1310. The van der Waals surface area contributed by atoms with Gasteiger partial charge in [0.2, 0.25) is 0 Å². The molecule has 2 atom stereocenters. The van der Waals surface area contributed by atoms with Crippen LogP contribution < -0.4 is 10.1 Å². The second-order valence-electron chi connectivity index (χ2n) is 9.28. The van der Waals surface area contributed by atoms with Gasteiger partial charge in [0.15, 0.2) is 5.69 Å². The predicted molar refractivity (Wildman–Crippen MR) is 147 cm³/mol. The van der Waals surface area contributed by atoms with Crippen molar-refractivity contribution in [1.82, 2.24) is 20.0 Å². The number of rotatable bonds is 9. The van der Waals surface area contributed by atoms with Crippen LogP contribution in [-0.2, 0) is 24.2 Å². The van der Waals surface area contributed by atoms with E-state index in [1.807, 2.05) is 31.2 Å². The minimum Gasteiger partial charge on any atom is -0.497 e. The highest BCUT2D eigenvalue weighted by Gasteiger charge is 2.34. The predicted octanol–water partition coefficient (Wildman–Crippen LogP) is 5.31. The molecule has 1 amide bonds. The van der Waals surface area contributed by atoms with Gasteiger partial charge < -0.3 is 19.7 Å². The number of nitrogens with one attached hydrogen (secondary N) is 1. The summed E-state index contributed by atoms with van der Waals surface area (Å²) in [4.78, 5) is 28.2. The molecule has 0 bridgehead atoms. The van der Waals surface area contributed by atoms with Crippen molar-refractivity contribution >= 4 is 35.1 Å². The number of methoxy groups -OCH3 is 1. The van der Waals surface area contributed by atoms with Gasteiger partial charge in [0.25, 0.3) is 5.91 Å². The van der Waals surface area contributed by atoms with E-state index in [9.17, 15) is 9.59 Å². The van der Waals surface area contributed by atoms with E-state index < -0.39 is 5.97 Å². The minimum atomic E-state index is -0.444. The topological polar surface area (TPSA) is 85.7 Å². The highest BCUT2D eigenvalue weighted by atomic mass is 35.5. The van der Waals surface area contributed by atoms with E-state index >= 15 is 0 Å². The Labute approximate surface area is 232 Å². The Morgan fingerprint density at radius 2 is 1.89 bits per heavy atom. The summed E-state index contributed by atoms with van der Waals surface area (Å²) < 4.78 is 12.3. The summed E-state index contributed by atoms with van der Waals surface area (Å²) >= 11 is 12.2. The van der Waals surface area contributed by atoms with Crippen LogP contribution in [0.15, 0.2) is 42.5 Å². The van der Waals surface area contributed by atoms with Crippen LogP contribution in [0.4, 0.5) is 0 Å². The van der Waals surface area contributed by atoms with Gasteiger partial charge in [-0.3, -0.25) is 9.48 Å². The average molecular weight is 559 g/mol. The Morgan fingerprint density at radius 3 is 2.55 bits per heavy atom. The molecular formula is C28H32Cl2N4O4. The van der Waals surface area contributed by atoms with Gasteiger partial charge in [0, 0.05) is 36.2 Å². The molecule has 0 unspecified atom stereocenters. The van der Waals surface area contributed by atoms with Crippen molar-refractivity contribution < 1.29 is 19.1 Å². The number of hydrogen-bond acceptors (Lipinski definition) is 6. The van der Waals surface area contributed by atoms with Crippen molar-refractivity contribution in [2.75, 3.05) is 20.3 Å². The number of nitrogens with zero attached hydrogens (tertiary/aromatic N) is 3. The van der Waals surface area contributed by atoms with Gasteiger partial charge in [-0.1, -0.05) is 35.3 Å². The minimum absolute atomic E-state index is 0.0940. The molecule has 0 saturated carbocycles. The molecule has 0 aliphatic carbocycles. The van der Waals surface area contributed by atoms with Crippen LogP contribution in [-0.4, -0.2) is 52.9 Å². The molecule has 10 heteroatoms. The molecule has 3 aromatic rings. The number of amides is 1. The summed E-state index contributed by atoms with van der Waals surface area (Å²) in [5.41, 5.74) is 3.48. The van der Waals surface area contributed by atoms with Crippen molar-refractivity contribution in [3.05, 3.63) is 80.6 Å². The van der Waals surface area contributed by atoms with Gasteiger partial charge in [-0.25, -0.2) is 4.79 Å². The van der Waals surface area contributed by atoms with Crippen LogP contribution >= 0.6 is 23.2 Å². The first-order valence-corrected chi connectivity index (χ1v) is 13.4. The molecule has 2 aromatic carbocycles. The monoisotopic (exact) mass is 558 g/mol. The molecule has 1 N–H and O–H groups in total. The highest BCUT2D eigenvalue weighted by Crippen LogP contribution is 2.30. The first kappa shape index (κ1) is 28.0. The van der Waals surface area contributed by atoms with Crippen molar-refractivity contribution in [3.63, 3.8) is 0 Å². The van der Waals surface area contributed by atoms with Crippen molar-refractivity contribution in [2.45, 2.75) is 52.4 Å². The van der Waals surface area contributed by atoms with E-state index in [4.69, 9.17) is 37.8 Å². The third kappa shape index (κ3) is 5.98. The van der Waals surface area contributed by atoms with E-state index in [1.54, 1.807) is 41.8 Å². The van der Waals surface area contributed by atoms with Crippen molar-refractivity contribution in [1.29, 1.82) is 0 Å². The van der Waals surface area contributed by atoms with Crippen molar-refractivity contribution in [3.8, 4) is 5.75 Å². The highest BCUT2D eigenvalue weighted by molar-refractivity contribution is 6.42. The summed E-state index contributed by atoms with van der Waals surface area (Å²) in [5.74, 6) is 0.184. The molecule has 4 rings (SSSR count). The number of esters is 1. The molecule has 0 radical (unpaired) electrons. The average Bonchev–Trinajstić information content (AvgIpc) is 3.26. The van der Waals surface area contributed by atoms with Gasteiger partial charge in [-0.15, -0.1) is 0 Å². The van der Waals surface area contributed by atoms with Crippen LogP contribution in [0.2, 0.25) is 10.0 Å². The van der Waals surface area contributed by atoms with Crippen LogP contribution in [0.5, 0.6) is 5.75 Å². The summed E-state index contributed by atoms with van der Waals surface area (Å²) in [5, 5.41) is 8.97. The zero-order valence-corrected chi connectivity index (χ0v) is 23.5. The largest absolute Gasteiger partial charge is 0.497 e. The van der Waals surface area contributed by atoms with Crippen LogP contribution in [0.1, 0.15) is 64.5 Å². The summed E-state index contributed by atoms with van der Waals surface area (Å²) in [6.07, 6.45) is 0.525. The Morgan fingerprint density at radius 1 is 1.16 bits per heavy atom. The molecule has 38 heavy (non-hydrogen) atoms. The molecule has 2 heterocycles. The quantitative estimate of drug-likeness (QED) is 0.358. The number of hydrogen-bond donors (Lipinski definition) is 1. The van der Waals surface area contributed by atoms with Gasteiger partial charge in [-0.05, 0) is 56.7 Å². The maximum Gasteiger partial charge on any atom is 0.356 e. The Balaban J connectivity index is 1.53. The number of benzene rings is 2. The van der Waals surface area contributed by atoms with E-state index in [0.717, 1.165) is 22.6 Å². The molecular weight excluding hydrogens is 527 g/mol. The fourth-order valence-electron chi connectivity index (χ4n) is 4.65. The third-order valence-electron chi connectivity index (χ3n) is 6.77. The molecule has 8 nitrogen and oxygen atoms in total. The summed E-state index contributed by atoms with van der Waals surface area (Å²) in [6.45, 7) is 7.37. The fraction of sp³-hybridized carbons (Fsp3) is 0.393. The summed E-state index contributed by atoms with van der Waals surface area (Å²) in [6, 6.07) is 12.7. The smallest absolute Gasteiger partial charge is 0.356 e. The lowest BCUT2D eigenvalue weighted by Gasteiger charge is -2.33. The number of carbonyl (C=O) groups is 2. The second-order valence-corrected chi connectivity index (χ2v) is 10.1. The van der Waals surface area contributed by atoms with Gasteiger partial charge >= 0.3 is 5.97 Å². The molecule has 202 valence electrons. The number of carbonyl (C=O) groups excluding carboxylic acids is 2. The van der Waals surface area contributed by atoms with E-state index in [0.29, 0.717) is 40.8 Å². The van der Waals surface area contributed by atoms with Gasteiger partial charge in [-0.2, -0.15) is 5.10 Å². The molecule has 0 saturated heterocycles. The maximum absolute atomic E-state index is 13.4. The standard InChI is InChI=1S/C28H32Cl2N4O4/c1-5-38-28(36)26-22-16-33(27(35)20-8-11-23(29)24(30)15-20)17(2)14-25(22)32-34(26)13-12-31-18(3)19-6-9-21(37-4)10-7-19/h6-11,15,17-18,31H,5,12-14,16H2,1-4H3/t17-,18+/m1/s1. The SMILES string of the molecule is CCOC(=O)c1c2c(nn1CCN[C@@H](C)c1ccc(OC)cc1)C[C@@H](C)N(C(=O)c1ccc(Cl)c(Cl)c1)C2. The number of ether oxygens (including phenoxy) is 2. The summed E-state index contributed by atoms with van der Waals surface area (Å²) in [7, 11) is 1.64. The normalized spacial score (nSPS) is 15.6. The third-order valence-corrected chi connectivity index (χ3v) is 7.51. The molecule has 0 spiro atoms. The van der Waals surface area contributed by atoms with Crippen LogP contribution in [0.25, 0.3) is 0 Å². The number of aromatic nitrogens is 2. The number of halogens is 2. The van der Waals surface area contributed by atoms with Gasteiger partial charge in [0.1, 0.15) is 5.75 Å². The van der Waals surface area contributed by atoms with Gasteiger partial charge in [0.05, 0.1) is 42.5 Å². The van der Waals surface area contributed by atoms with Crippen LogP contribution in [0, 0.1) is 0 Å². The molecule has 0 fully saturated rings. The molecule has 1 aliphatic rings. The zero-order chi connectivity index (χ0) is 27.4. The van der Waals surface area contributed by atoms with E-state index in [2.05, 4.69) is 12.2 Å². The van der Waals surface area contributed by atoms with Crippen LogP contribution in [0.3, 0.4) is 0 Å². The Kier molecular flexibility index (Phi) is 8.97. The second kappa shape index (κ2) is 12.2. The fourth-order valence-corrected chi connectivity index (χ4v) is 4.95. The lowest BCUT2D eigenvalue weighted by atomic mass is 9.98. The maximum atomic E-state index is 13.4. The molecule has 1 aromatic heterocycles. The lowest BCUT2D eigenvalue weighted by Crippen LogP contribution is -2.42. The first-order chi connectivity index (χ1) is 18.2. The zero-order valence-electron chi connectivity index (χ0n) is 22.0. The van der Waals surface area contributed by atoms with E-state index in [-0.39, 0.29) is 31.1 Å². The lowest BCUT2D eigenvalue weighted by molar-refractivity contribution is 0.0502. The van der Waals surface area contributed by atoms with E-state index in [1.165, 1.54) is 0 Å². The first-order valence-electron chi connectivity index (χ1n) is 12.6. The Hall–Kier alpha value is -3.07. The van der Waals surface area contributed by atoms with Crippen molar-refractivity contribution in [2.24, 2.45) is 0 Å². The number of fused-ring (bicyclic) bond motifs is 1.